The maximum atomic E-state index is 12.6. The van der Waals surface area contributed by atoms with Crippen LogP contribution in [0.3, 0.4) is 0 Å². The molecule has 1 aromatic rings. The molecule has 25 heavy (non-hydrogen) atoms. The molecule has 1 fully saturated rings. The van der Waals surface area contributed by atoms with E-state index < -0.39 is 16.1 Å². The van der Waals surface area contributed by atoms with Gasteiger partial charge in [-0.25, -0.2) is 8.42 Å². The smallest absolute Gasteiger partial charge is 0.241 e. The largest absolute Gasteiger partial charge is 0.351 e. The van der Waals surface area contributed by atoms with Crippen LogP contribution in [0, 0.1) is 12.8 Å². The number of nitrogens with one attached hydrogen (secondary N) is 3. The summed E-state index contributed by atoms with van der Waals surface area (Å²) in [6.45, 7) is 7.54. The summed E-state index contributed by atoms with van der Waals surface area (Å²) in [6.07, 6.45) is 2.38. The third-order valence-electron chi connectivity index (χ3n) is 4.30. The second-order valence-corrected chi connectivity index (χ2v) is 8.88. The second kappa shape index (κ2) is 8.78. The van der Waals surface area contributed by atoms with Crippen LogP contribution in [-0.4, -0.2) is 39.5 Å². The summed E-state index contributed by atoms with van der Waals surface area (Å²) >= 11 is 0. The van der Waals surface area contributed by atoms with Crippen molar-refractivity contribution < 1.29 is 13.2 Å². The van der Waals surface area contributed by atoms with Gasteiger partial charge in [-0.2, -0.15) is 4.72 Å². The van der Waals surface area contributed by atoms with Gasteiger partial charge in [-0.05, 0) is 50.8 Å². The maximum absolute atomic E-state index is 12.6. The van der Waals surface area contributed by atoms with Crippen molar-refractivity contribution >= 4 is 15.9 Å². The van der Waals surface area contributed by atoms with E-state index in [1.165, 1.54) is 0 Å². The standard InChI is InChI=1S/C18H29N3O3S/c1-13(2)11-17(18(22)20-15-5-4-10-19-12-15)21-25(23,24)16-8-6-14(3)7-9-16/h6-9,13,15,17,19,21H,4-5,10-12H2,1-3H3,(H,20,22). The highest BCUT2D eigenvalue weighted by atomic mass is 32.2. The number of aryl methyl sites for hydroxylation is 1. The number of sulfonamides is 1. The van der Waals surface area contributed by atoms with Gasteiger partial charge in [0, 0.05) is 12.6 Å². The molecule has 0 bridgehead atoms. The summed E-state index contributed by atoms with van der Waals surface area (Å²) in [5.41, 5.74) is 0.986. The highest BCUT2D eigenvalue weighted by Crippen LogP contribution is 2.14. The molecule has 0 aliphatic carbocycles. The van der Waals surface area contributed by atoms with Crippen LogP contribution in [0.2, 0.25) is 0 Å². The molecule has 1 amide bonds. The van der Waals surface area contributed by atoms with Crippen molar-refractivity contribution in [3.8, 4) is 0 Å². The quantitative estimate of drug-likeness (QED) is 0.682. The first-order chi connectivity index (χ1) is 11.8. The predicted octanol–water partition coefficient (Wildman–Crippen LogP) is 1.56. The maximum Gasteiger partial charge on any atom is 0.241 e. The van der Waals surface area contributed by atoms with Crippen LogP contribution < -0.4 is 15.4 Å². The molecule has 3 N–H and O–H groups in total. The highest BCUT2D eigenvalue weighted by molar-refractivity contribution is 7.89. The number of carbonyl (C=O) groups is 1. The van der Waals surface area contributed by atoms with Gasteiger partial charge >= 0.3 is 0 Å². The topological polar surface area (TPSA) is 87.3 Å². The third-order valence-corrected chi connectivity index (χ3v) is 5.78. The fraction of sp³-hybridized carbons (Fsp3) is 0.611. The van der Waals surface area contributed by atoms with E-state index >= 15 is 0 Å². The van der Waals surface area contributed by atoms with Crippen LogP contribution in [0.1, 0.15) is 38.7 Å². The lowest BCUT2D eigenvalue weighted by molar-refractivity contribution is -0.123. The van der Waals surface area contributed by atoms with E-state index in [2.05, 4.69) is 15.4 Å². The molecule has 2 rings (SSSR count). The third kappa shape index (κ3) is 6.09. The fourth-order valence-corrected chi connectivity index (χ4v) is 4.14. The highest BCUT2D eigenvalue weighted by Gasteiger charge is 2.28. The zero-order valence-corrected chi connectivity index (χ0v) is 16.0. The molecule has 1 aliphatic heterocycles. The van der Waals surface area contributed by atoms with E-state index in [1.54, 1.807) is 24.3 Å². The summed E-state index contributed by atoms with van der Waals surface area (Å²) in [5.74, 6) is -0.0564. The predicted molar refractivity (Wildman–Crippen MR) is 98.8 cm³/mol. The zero-order chi connectivity index (χ0) is 18.4. The van der Waals surface area contributed by atoms with Crippen LogP contribution in [0.5, 0.6) is 0 Å². The molecule has 1 heterocycles. The molecule has 1 aromatic carbocycles. The van der Waals surface area contributed by atoms with E-state index in [0.29, 0.717) is 6.42 Å². The van der Waals surface area contributed by atoms with E-state index in [-0.39, 0.29) is 22.8 Å². The van der Waals surface area contributed by atoms with Crippen molar-refractivity contribution in [2.24, 2.45) is 5.92 Å². The van der Waals surface area contributed by atoms with Crippen molar-refractivity contribution in [1.29, 1.82) is 0 Å². The van der Waals surface area contributed by atoms with E-state index in [9.17, 15) is 13.2 Å². The number of amides is 1. The fourth-order valence-electron chi connectivity index (χ4n) is 2.93. The molecular formula is C18H29N3O3S. The molecule has 0 spiro atoms. The summed E-state index contributed by atoms with van der Waals surface area (Å²) in [6, 6.07) is 5.91. The molecule has 7 heteroatoms. The monoisotopic (exact) mass is 367 g/mol. The Morgan fingerprint density at radius 3 is 2.52 bits per heavy atom. The number of piperidine rings is 1. The molecule has 0 aromatic heterocycles. The Kier molecular flexibility index (Phi) is 6.98. The SMILES string of the molecule is Cc1ccc(S(=O)(=O)NC(CC(C)C)C(=O)NC2CCCNC2)cc1. The molecule has 0 saturated carbocycles. The average molecular weight is 368 g/mol. The normalized spacial score (nSPS) is 19.6. The van der Waals surface area contributed by atoms with Gasteiger partial charge in [-0.15, -0.1) is 0 Å². The first-order valence-electron chi connectivity index (χ1n) is 8.88. The number of carbonyl (C=O) groups excluding carboxylic acids is 1. The first-order valence-corrected chi connectivity index (χ1v) is 10.4. The van der Waals surface area contributed by atoms with E-state index in [1.807, 2.05) is 20.8 Å². The lowest BCUT2D eigenvalue weighted by Crippen LogP contribution is -2.53. The molecule has 140 valence electrons. The first kappa shape index (κ1) is 19.9. The Bertz CT molecular complexity index is 665. The van der Waals surface area contributed by atoms with Crippen molar-refractivity contribution in [2.75, 3.05) is 13.1 Å². The minimum Gasteiger partial charge on any atom is -0.351 e. The van der Waals surface area contributed by atoms with Gasteiger partial charge < -0.3 is 10.6 Å². The van der Waals surface area contributed by atoms with Crippen molar-refractivity contribution in [1.82, 2.24) is 15.4 Å². The molecule has 2 atom stereocenters. The molecule has 2 unspecified atom stereocenters. The van der Waals surface area contributed by atoms with Crippen LogP contribution >= 0.6 is 0 Å². The summed E-state index contributed by atoms with van der Waals surface area (Å²) in [5, 5.41) is 6.22. The van der Waals surface area contributed by atoms with Crippen molar-refractivity contribution in [3.05, 3.63) is 29.8 Å². The van der Waals surface area contributed by atoms with Crippen LogP contribution in [0.25, 0.3) is 0 Å². The molecule has 1 aliphatic rings. The molecular weight excluding hydrogens is 338 g/mol. The van der Waals surface area contributed by atoms with Crippen LogP contribution in [-0.2, 0) is 14.8 Å². The molecule has 6 nitrogen and oxygen atoms in total. The molecule has 1 saturated heterocycles. The summed E-state index contributed by atoms with van der Waals surface area (Å²) in [7, 11) is -3.73. The lowest BCUT2D eigenvalue weighted by Gasteiger charge is -2.27. The molecule has 0 radical (unpaired) electrons. The van der Waals surface area contributed by atoms with Gasteiger partial charge in [-0.3, -0.25) is 4.79 Å². The minimum absolute atomic E-state index is 0.0554. The Morgan fingerprint density at radius 2 is 1.96 bits per heavy atom. The van der Waals surface area contributed by atoms with Gasteiger partial charge in [0.25, 0.3) is 0 Å². The second-order valence-electron chi connectivity index (χ2n) is 7.17. The van der Waals surface area contributed by atoms with Gasteiger partial charge in [0.2, 0.25) is 15.9 Å². The Morgan fingerprint density at radius 1 is 1.28 bits per heavy atom. The van der Waals surface area contributed by atoms with Gasteiger partial charge in [0.1, 0.15) is 6.04 Å². The van der Waals surface area contributed by atoms with Crippen LogP contribution in [0.15, 0.2) is 29.2 Å². The lowest BCUT2D eigenvalue weighted by atomic mass is 10.0. The van der Waals surface area contributed by atoms with Crippen molar-refractivity contribution in [2.45, 2.75) is 57.0 Å². The van der Waals surface area contributed by atoms with E-state index in [0.717, 1.165) is 31.5 Å². The number of hydrogen-bond acceptors (Lipinski definition) is 4. The zero-order valence-electron chi connectivity index (χ0n) is 15.2. The van der Waals surface area contributed by atoms with Gasteiger partial charge in [-0.1, -0.05) is 31.5 Å². The Labute approximate surface area is 150 Å². The summed E-state index contributed by atoms with van der Waals surface area (Å²) in [4.78, 5) is 12.8. The minimum atomic E-state index is -3.73. The number of hydrogen-bond donors (Lipinski definition) is 3. The Balaban J connectivity index is 2.10. The Hall–Kier alpha value is -1.44. The average Bonchev–Trinajstić information content (AvgIpc) is 2.55. The summed E-state index contributed by atoms with van der Waals surface area (Å²) < 4.78 is 27.8. The van der Waals surface area contributed by atoms with Crippen molar-refractivity contribution in [3.63, 3.8) is 0 Å². The number of rotatable bonds is 7. The van der Waals surface area contributed by atoms with Gasteiger partial charge in [0.15, 0.2) is 0 Å². The van der Waals surface area contributed by atoms with Crippen LogP contribution in [0.4, 0.5) is 0 Å². The van der Waals surface area contributed by atoms with E-state index in [4.69, 9.17) is 0 Å². The number of benzene rings is 1. The van der Waals surface area contributed by atoms with Gasteiger partial charge in [0.05, 0.1) is 4.90 Å².